The van der Waals surface area contributed by atoms with Crippen LogP contribution in [0.25, 0.3) is 0 Å². The molecule has 2 unspecified atom stereocenters. The lowest BCUT2D eigenvalue weighted by atomic mass is 9.98. The van der Waals surface area contributed by atoms with Crippen molar-refractivity contribution in [1.29, 1.82) is 0 Å². The minimum atomic E-state index is 0.244. The fraction of sp³-hybridized carbons (Fsp3) is 0.571. The molecule has 2 atom stereocenters. The molecule has 1 aromatic rings. The highest BCUT2D eigenvalue weighted by atomic mass is 16.3. The number of benzene rings is 1. The third kappa shape index (κ3) is 3.32. The molecule has 0 fully saturated rings. The molecular formula is C14H23NO. The minimum absolute atomic E-state index is 0.244. The van der Waals surface area contributed by atoms with Gasteiger partial charge in [-0.3, -0.25) is 0 Å². The van der Waals surface area contributed by atoms with Gasteiger partial charge in [-0.15, -0.1) is 0 Å². The summed E-state index contributed by atoms with van der Waals surface area (Å²) >= 11 is 0. The lowest BCUT2D eigenvalue weighted by Gasteiger charge is -2.22. The van der Waals surface area contributed by atoms with Crippen molar-refractivity contribution in [2.24, 2.45) is 0 Å². The van der Waals surface area contributed by atoms with Crippen molar-refractivity contribution >= 4 is 0 Å². The Morgan fingerprint density at radius 1 is 1.25 bits per heavy atom. The average molecular weight is 221 g/mol. The van der Waals surface area contributed by atoms with Gasteiger partial charge < -0.3 is 10.4 Å². The Balaban J connectivity index is 2.72. The van der Waals surface area contributed by atoms with Crippen LogP contribution >= 0.6 is 0 Å². The summed E-state index contributed by atoms with van der Waals surface area (Å²) in [5.41, 5.74) is 4.05. The van der Waals surface area contributed by atoms with Crippen LogP contribution in [0.15, 0.2) is 18.2 Å². The lowest BCUT2D eigenvalue weighted by molar-refractivity contribution is 0.264. The van der Waals surface area contributed by atoms with Crippen molar-refractivity contribution in [2.45, 2.75) is 46.2 Å². The summed E-state index contributed by atoms with van der Waals surface area (Å²) in [5, 5.41) is 12.4. The van der Waals surface area contributed by atoms with E-state index < -0.39 is 0 Å². The quantitative estimate of drug-likeness (QED) is 0.801. The summed E-state index contributed by atoms with van der Waals surface area (Å²) in [6, 6.07) is 7.10. The van der Waals surface area contributed by atoms with Crippen LogP contribution in [0.2, 0.25) is 0 Å². The third-order valence-electron chi connectivity index (χ3n) is 3.21. The third-order valence-corrected chi connectivity index (χ3v) is 3.21. The van der Waals surface area contributed by atoms with Crippen LogP contribution < -0.4 is 5.32 Å². The molecule has 16 heavy (non-hydrogen) atoms. The van der Waals surface area contributed by atoms with Crippen LogP contribution in [0.1, 0.15) is 43.0 Å². The zero-order chi connectivity index (χ0) is 12.1. The summed E-state index contributed by atoms with van der Waals surface area (Å²) < 4.78 is 0. The monoisotopic (exact) mass is 221 g/mol. The van der Waals surface area contributed by atoms with E-state index in [2.05, 4.69) is 51.2 Å². The molecule has 2 nitrogen and oxygen atoms in total. The van der Waals surface area contributed by atoms with E-state index in [9.17, 15) is 0 Å². The number of aliphatic hydroxyl groups excluding tert-OH is 1. The second kappa shape index (κ2) is 6.02. The number of nitrogens with one attached hydrogen (secondary N) is 1. The molecule has 90 valence electrons. The van der Waals surface area contributed by atoms with Crippen molar-refractivity contribution < 1.29 is 5.11 Å². The normalized spacial score (nSPS) is 14.8. The number of hydrogen-bond acceptors (Lipinski definition) is 2. The number of aryl methyl sites for hydroxylation is 1. The first kappa shape index (κ1) is 13.2. The highest BCUT2D eigenvalue weighted by molar-refractivity contribution is 5.35. The molecule has 1 aromatic carbocycles. The van der Waals surface area contributed by atoms with E-state index in [1.807, 2.05) is 0 Å². The van der Waals surface area contributed by atoms with Crippen molar-refractivity contribution in [3.8, 4) is 0 Å². The van der Waals surface area contributed by atoms with Crippen LogP contribution in [0.3, 0.4) is 0 Å². The fourth-order valence-corrected chi connectivity index (χ4v) is 2.04. The molecule has 2 N–H and O–H groups in total. The van der Waals surface area contributed by atoms with E-state index in [4.69, 9.17) is 5.11 Å². The summed E-state index contributed by atoms with van der Waals surface area (Å²) in [7, 11) is 0. The van der Waals surface area contributed by atoms with Gasteiger partial charge in [0, 0.05) is 18.7 Å². The second-order valence-electron chi connectivity index (χ2n) is 4.59. The Bertz CT molecular complexity index is 336. The summed E-state index contributed by atoms with van der Waals surface area (Å²) in [6.45, 7) is 8.84. The van der Waals surface area contributed by atoms with Crippen LogP contribution in [0, 0.1) is 13.8 Å². The predicted molar refractivity (Wildman–Crippen MR) is 68.6 cm³/mol. The van der Waals surface area contributed by atoms with E-state index in [0.29, 0.717) is 12.1 Å². The van der Waals surface area contributed by atoms with Crippen LogP contribution in [0.5, 0.6) is 0 Å². The zero-order valence-electron chi connectivity index (χ0n) is 10.7. The van der Waals surface area contributed by atoms with Gasteiger partial charge in [-0.2, -0.15) is 0 Å². The molecule has 0 bridgehead atoms. The molecular weight excluding hydrogens is 198 g/mol. The SMILES string of the molecule is Cc1cccc(C(C)NC(C)CCO)c1C. The maximum atomic E-state index is 8.88. The molecule has 0 saturated heterocycles. The van der Waals surface area contributed by atoms with Crippen molar-refractivity contribution in [3.63, 3.8) is 0 Å². The molecule has 0 spiro atoms. The average Bonchev–Trinajstić information content (AvgIpc) is 2.22. The fourth-order valence-electron chi connectivity index (χ4n) is 2.04. The van der Waals surface area contributed by atoms with Gasteiger partial charge in [0.25, 0.3) is 0 Å². The number of rotatable bonds is 5. The minimum Gasteiger partial charge on any atom is -0.396 e. The van der Waals surface area contributed by atoms with Crippen LogP contribution in [0.4, 0.5) is 0 Å². The van der Waals surface area contributed by atoms with Crippen LogP contribution in [-0.2, 0) is 0 Å². The first-order valence-corrected chi connectivity index (χ1v) is 5.99. The maximum Gasteiger partial charge on any atom is 0.0445 e. The summed E-state index contributed by atoms with van der Waals surface area (Å²) in [5.74, 6) is 0. The van der Waals surface area contributed by atoms with E-state index in [1.165, 1.54) is 16.7 Å². The Morgan fingerprint density at radius 2 is 1.94 bits per heavy atom. The maximum absolute atomic E-state index is 8.88. The first-order valence-electron chi connectivity index (χ1n) is 5.99. The standard InChI is InChI=1S/C14H23NO/c1-10-6-5-7-14(12(10)3)13(4)15-11(2)8-9-16/h5-7,11,13,15-16H,8-9H2,1-4H3. The molecule has 0 aliphatic heterocycles. The molecule has 1 rings (SSSR count). The van der Waals surface area contributed by atoms with Gasteiger partial charge in [0.2, 0.25) is 0 Å². The number of aliphatic hydroxyl groups is 1. The number of hydrogen-bond donors (Lipinski definition) is 2. The summed E-state index contributed by atoms with van der Waals surface area (Å²) in [4.78, 5) is 0. The van der Waals surface area contributed by atoms with Gasteiger partial charge >= 0.3 is 0 Å². The van der Waals surface area contributed by atoms with E-state index >= 15 is 0 Å². The highest BCUT2D eigenvalue weighted by Crippen LogP contribution is 2.20. The Kier molecular flexibility index (Phi) is 4.97. The molecule has 0 radical (unpaired) electrons. The van der Waals surface area contributed by atoms with Crippen molar-refractivity contribution in [2.75, 3.05) is 6.61 Å². The summed E-state index contributed by atoms with van der Waals surface area (Å²) in [6.07, 6.45) is 0.801. The Hall–Kier alpha value is -0.860. The van der Waals surface area contributed by atoms with E-state index in [0.717, 1.165) is 6.42 Å². The molecule has 0 heterocycles. The van der Waals surface area contributed by atoms with Gasteiger partial charge in [0.05, 0.1) is 0 Å². The van der Waals surface area contributed by atoms with Gasteiger partial charge in [0.1, 0.15) is 0 Å². The second-order valence-corrected chi connectivity index (χ2v) is 4.59. The van der Waals surface area contributed by atoms with Crippen molar-refractivity contribution in [3.05, 3.63) is 34.9 Å². The van der Waals surface area contributed by atoms with Gasteiger partial charge in [-0.25, -0.2) is 0 Å². The predicted octanol–water partition coefficient (Wildman–Crippen LogP) is 2.72. The smallest absolute Gasteiger partial charge is 0.0445 e. The Morgan fingerprint density at radius 3 is 2.56 bits per heavy atom. The molecule has 0 saturated carbocycles. The highest BCUT2D eigenvalue weighted by Gasteiger charge is 2.11. The lowest BCUT2D eigenvalue weighted by Crippen LogP contribution is -2.30. The van der Waals surface area contributed by atoms with E-state index in [-0.39, 0.29) is 6.61 Å². The van der Waals surface area contributed by atoms with Gasteiger partial charge in [-0.1, -0.05) is 18.2 Å². The first-order chi connectivity index (χ1) is 7.56. The topological polar surface area (TPSA) is 32.3 Å². The van der Waals surface area contributed by atoms with E-state index in [1.54, 1.807) is 0 Å². The van der Waals surface area contributed by atoms with Gasteiger partial charge in [0.15, 0.2) is 0 Å². The molecule has 0 aromatic heterocycles. The van der Waals surface area contributed by atoms with Crippen molar-refractivity contribution in [1.82, 2.24) is 5.32 Å². The Labute approximate surface area is 98.7 Å². The largest absolute Gasteiger partial charge is 0.396 e. The molecule has 2 heteroatoms. The molecule has 0 aliphatic carbocycles. The molecule has 0 aliphatic rings. The molecule has 0 amide bonds. The van der Waals surface area contributed by atoms with Gasteiger partial charge in [-0.05, 0) is 50.8 Å². The zero-order valence-corrected chi connectivity index (χ0v) is 10.7. The van der Waals surface area contributed by atoms with Crippen LogP contribution in [-0.4, -0.2) is 17.8 Å².